The first-order valence-electron chi connectivity index (χ1n) is 7.57. The number of ketones is 1. The van der Waals surface area contributed by atoms with Gasteiger partial charge in [-0.05, 0) is 58.2 Å². The summed E-state index contributed by atoms with van der Waals surface area (Å²) in [5, 5.41) is -0.00193. The van der Waals surface area contributed by atoms with Crippen molar-refractivity contribution in [3.63, 3.8) is 0 Å². The molecule has 0 aliphatic carbocycles. The maximum absolute atomic E-state index is 13.4. The van der Waals surface area contributed by atoms with Crippen LogP contribution in [0.5, 0.6) is 0 Å². The van der Waals surface area contributed by atoms with E-state index in [1.807, 2.05) is 0 Å². The second kappa shape index (κ2) is 6.48. The van der Waals surface area contributed by atoms with E-state index in [0.717, 1.165) is 0 Å². The van der Waals surface area contributed by atoms with Crippen molar-refractivity contribution in [2.75, 3.05) is 0 Å². The smallest absolute Gasteiger partial charge is 0.411 e. The molecule has 126 valence electrons. The summed E-state index contributed by atoms with van der Waals surface area (Å²) < 4.78 is 18.8. The third-order valence-corrected chi connectivity index (χ3v) is 4.08. The van der Waals surface area contributed by atoms with Gasteiger partial charge in [0.2, 0.25) is 0 Å². The lowest BCUT2D eigenvalue weighted by atomic mass is 10.0. The third kappa shape index (κ3) is 4.02. The monoisotopic (exact) mass is 341 g/mol. The minimum Gasteiger partial charge on any atom is -0.444 e. The first kappa shape index (κ1) is 17.7. The molecule has 1 aliphatic heterocycles. The molecule has 4 nitrogen and oxygen atoms in total. The van der Waals surface area contributed by atoms with Crippen molar-refractivity contribution in [3.8, 4) is 0 Å². The topological polar surface area (TPSA) is 46.6 Å². The van der Waals surface area contributed by atoms with Gasteiger partial charge in [-0.25, -0.2) is 9.18 Å². The van der Waals surface area contributed by atoms with E-state index in [1.165, 1.54) is 24.0 Å². The lowest BCUT2D eigenvalue weighted by Crippen LogP contribution is -2.43. The maximum atomic E-state index is 13.4. The van der Waals surface area contributed by atoms with Crippen molar-refractivity contribution in [3.05, 3.63) is 34.6 Å². The zero-order chi connectivity index (χ0) is 17.4. The van der Waals surface area contributed by atoms with Crippen LogP contribution in [-0.2, 0) is 9.53 Å². The largest absolute Gasteiger partial charge is 0.444 e. The second-order valence-electron chi connectivity index (χ2n) is 6.78. The zero-order valence-corrected chi connectivity index (χ0v) is 14.5. The molecule has 1 aromatic rings. The van der Waals surface area contributed by atoms with Gasteiger partial charge >= 0.3 is 6.09 Å². The molecule has 0 aromatic heterocycles. The molecule has 1 saturated heterocycles. The van der Waals surface area contributed by atoms with E-state index in [4.69, 9.17) is 16.3 Å². The number of hydrogen-bond donors (Lipinski definition) is 0. The Labute approximate surface area is 140 Å². The van der Waals surface area contributed by atoms with E-state index in [9.17, 15) is 14.0 Å². The minimum absolute atomic E-state index is 0.00193. The Hall–Kier alpha value is -1.62. The lowest BCUT2D eigenvalue weighted by Gasteiger charge is -2.32. The van der Waals surface area contributed by atoms with Crippen LogP contribution in [0.4, 0.5) is 9.18 Å². The maximum Gasteiger partial charge on any atom is 0.411 e. The number of ether oxygens (including phenoxy) is 1. The summed E-state index contributed by atoms with van der Waals surface area (Å²) in [7, 11) is 0. The van der Waals surface area contributed by atoms with Crippen LogP contribution in [0.15, 0.2) is 18.2 Å². The molecule has 1 fully saturated rings. The number of nitrogens with zero attached hydrogens (tertiary/aromatic N) is 1. The summed E-state index contributed by atoms with van der Waals surface area (Å²) in [4.78, 5) is 25.9. The molecule has 1 aromatic carbocycles. The summed E-state index contributed by atoms with van der Waals surface area (Å²) >= 11 is 5.85. The van der Waals surface area contributed by atoms with Crippen LogP contribution in [-0.4, -0.2) is 28.4 Å². The van der Waals surface area contributed by atoms with Crippen molar-refractivity contribution in [1.29, 1.82) is 0 Å². The molecule has 0 N–H and O–H groups in total. The summed E-state index contributed by atoms with van der Waals surface area (Å²) in [5.41, 5.74) is 0.0393. The molecule has 0 radical (unpaired) electrons. The van der Waals surface area contributed by atoms with Gasteiger partial charge in [0.1, 0.15) is 11.4 Å². The molecule has 23 heavy (non-hydrogen) atoms. The summed E-state index contributed by atoms with van der Waals surface area (Å²) in [6, 6.07) is 3.48. The van der Waals surface area contributed by atoms with Crippen molar-refractivity contribution < 1.29 is 18.7 Å². The number of hydrogen-bond acceptors (Lipinski definition) is 3. The summed E-state index contributed by atoms with van der Waals surface area (Å²) in [6.45, 7) is 6.77. The summed E-state index contributed by atoms with van der Waals surface area (Å²) in [5.74, 6) is -0.605. The molecule has 1 amide bonds. The molecular formula is C17H21ClFNO3. The van der Waals surface area contributed by atoms with Crippen LogP contribution in [0.1, 0.15) is 52.1 Å². The molecule has 2 atom stereocenters. The highest BCUT2D eigenvalue weighted by Gasteiger charge is 2.42. The fourth-order valence-electron chi connectivity index (χ4n) is 2.83. The fraction of sp³-hybridized carbons (Fsp3) is 0.529. The Kier molecular flexibility index (Phi) is 4.99. The quantitative estimate of drug-likeness (QED) is 0.795. The van der Waals surface area contributed by atoms with Gasteiger partial charge in [-0.1, -0.05) is 17.7 Å². The van der Waals surface area contributed by atoms with Crippen molar-refractivity contribution in [2.24, 2.45) is 0 Å². The number of Topliss-reactive ketones (excluding diaryl/α,β-unsaturated/α-hetero) is 1. The van der Waals surface area contributed by atoms with Crippen molar-refractivity contribution >= 4 is 23.5 Å². The van der Waals surface area contributed by atoms with Gasteiger partial charge < -0.3 is 4.74 Å². The number of carbonyl (C=O) groups is 2. The Balaban J connectivity index is 2.35. The highest BCUT2D eigenvalue weighted by molar-refractivity contribution is 6.30. The van der Waals surface area contributed by atoms with Gasteiger partial charge in [0.05, 0.1) is 17.1 Å². The number of amides is 1. The first-order valence-corrected chi connectivity index (χ1v) is 7.94. The molecule has 1 heterocycles. The Morgan fingerprint density at radius 1 is 1.30 bits per heavy atom. The van der Waals surface area contributed by atoms with E-state index in [-0.39, 0.29) is 16.8 Å². The van der Waals surface area contributed by atoms with Crippen LogP contribution < -0.4 is 0 Å². The van der Waals surface area contributed by atoms with E-state index in [1.54, 1.807) is 26.8 Å². The number of carbonyl (C=O) groups excluding carboxylic acids is 2. The SMILES string of the molecule is CC(=O)[C@H]1CC[C@@H](c2ccc(F)c(Cl)c2)N1C(=O)OC(C)(C)C. The Bertz CT molecular complexity index is 627. The highest BCUT2D eigenvalue weighted by Crippen LogP contribution is 2.38. The van der Waals surface area contributed by atoms with Crippen molar-refractivity contribution in [2.45, 2.75) is 58.2 Å². The van der Waals surface area contributed by atoms with E-state index in [0.29, 0.717) is 18.4 Å². The normalized spacial score (nSPS) is 21.4. The number of halogens is 2. The molecule has 6 heteroatoms. The van der Waals surface area contributed by atoms with Gasteiger partial charge in [-0.2, -0.15) is 0 Å². The molecule has 0 spiro atoms. The van der Waals surface area contributed by atoms with Crippen LogP contribution in [0, 0.1) is 5.82 Å². The average Bonchev–Trinajstić information content (AvgIpc) is 2.85. The van der Waals surface area contributed by atoms with Crippen LogP contribution in [0.3, 0.4) is 0 Å². The lowest BCUT2D eigenvalue weighted by molar-refractivity contribution is -0.121. The Morgan fingerprint density at radius 2 is 1.96 bits per heavy atom. The van der Waals surface area contributed by atoms with E-state index >= 15 is 0 Å². The molecule has 2 rings (SSSR count). The zero-order valence-electron chi connectivity index (χ0n) is 13.7. The van der Waals surface area contributed by atoms with E-state index in [2.05, 4.69) is 0 Å². The molecular weight excluding hydrogens is 321 g/mol. The second-order valence-corrected chi connectivity index (χ2v) is 7.19. The Morgan fingerprint density at radius 3 is 2.48 bits per heavy atom. The van der Waals surface area contributed by atoms with Crippen molar-refractivity contribution in [1.82, 2.24) is 4.90 Å². The van der Waals surface area contributed by atoms with Crippen LogP contribution in [0.2, 0.25) is 5.02 Å². The molecule has 0 bridgehead atoms. The highest BCUT2D eigenvalue weighted by atomic mass is 35.5. The average molecular weight is 342 g/mol. The fourth-order valence-corrected chi connectivity index (χ4v) is 3.02. The standard InChI is InChI=1S/C17H21ClFNO3/c1-10(21)14-7-8-15(11-5-6-13(19)12(18)9-11)20(14)16(22)23-17(2,3)4/h5-6,9,14-15H,7-8H2,1-4H3/t14-,15+/m1/s1. The van der Waals surface area contributed by atoms with Gasteiger partial charge in [-0.15, -0.1) is 0 Å². The van der Waals surface area contributed by atoms with E-state index < -0.39 is 23.6 Å². The summed E-state index contributed by atoms with van der Waals surface area (Å²) in [6.07, 6.45) is 0.611. The van der Waals surface area contributed by atoms with Crippen LogP contribution >= 0.6 is 11.6 Å². The van der Waals surface area contributed by atoms with Gasteiger partial charge in [0, 0.05) is 0 Å². The van der Waals surface area contributed by atoms with Gasteiger partial charge in [-0.3, -0.25) is 9.69 Å². The molecule has 1 aliphatic rings. The predicted octanol–water partition coefficient (Wildman–Crippen LogP) is 4.51. The minimum atomic E-state index is -0.661. The molecule has 0 saturated carbocycles. The van der Waals surface area contributed by atoms with Gasteiger partial charge in [0.15, 0.2) is 5.78 Å². The number of rotatable bonds is 2. The first-order chi connectivity index (χ1) is 10.6. The van der Waals surface area contributed by atoms with Crippen LogP contribution in [0.25, 0.3) is 0 Å². The predicted molar refractivity (Wildman–Crippen MR) is 85.9 cm³/mol. The molecule has 0 unspecified atom stereocenters. The van der Waals surface area contributed by atoms with Gasteiger partial charge in [0.25, 0.3) is 0 Å². The third-order valence-electron chi connectivity index (χ3n) is 3.79. The number of likely N-dealkylation sites (tertiary alicyclic amines) is 1. The number of benzene rings is 1.